The minimum absolute atomic E-state index is 0.0000206. The quantitative estimate of drug-likeness (QED) is 0.679. The number of carboxylic acids is 1. The molecule has 20 heavy (non-hydrogen) atoms. The average Bonchev–Trinajstić information content (AvgIpc) is 2.41. The lowest BCUT2D eigenvalue weighted by molar-refractivity contribution is -0.137. The molecule has 0 saturated heterocycles. The van der Waals surface area contributed by atoms with Crippen molar-refractivity contribution in [2.45, 2.75) is 32.6 Å². The molecule has 0 saturated carbocycles. The zero-order valence-electron chi connectivity index (χ0n) is 11.7. The molecule has 5 heteroatoms. The fraction of sp³-hybridized carbons (Fsp3) is 0.467. The van der Waals surface area contributed by atoms with E-state index in [0.717, 1.165) is 18.4 Å². The van der Waals surface area contributed by atoms with Crippen molar-refractivity contribution in [1.29, 1.82) is 0 Å². The van der Waals surface area contributed by atoms with E-state index < -0.39 is 5.97 Å². The van der Waals surface area contributed by atoms with Gasteiger partial charge in [0.25, 0.3) is 5.91 Å². The monoisotopic (exact) mass is 279 g/mol. The largest absolute Gasteiger partial charge is 0.484 e. The summed E-state index contributed by atoms with van der Waals surface area (Å²) in [5.74, 6) is -0.226. The third-order valence-corrected chi connectivity index (χ3v) is 2.84. The maximum atomic E-state index is 11.5. The Morgan fingerprint density at radius 2 is 1.95 bits per heavy atom. The van der Waals surface area contributed by atoms with Gasteiger partial charge >= 0.3 is 5.97 Å². The van der Waals surface area contributed by atoms with E-state index in [9.17, 15) is 9.59 Å². The lowest BCUT2D eigenvalue weighted by Gasteiger charge is -2.09. The van der Waals surface area contributed by atoms with Gasteiger partial charge in [0.15, 0.2) is 6.61 Å². The van der Waals surface area contributed by atoms with Crippen molar-refractivity contribution in [3.63, 3.8) is 0 Å². The topological polar surface area (TPSA) is 75.6 Å². The number of aliphatic carboxylic acids is 1. The highest BCUT2D eigenvalue weighted by molar-refractivity contribution is 5.77. The maximum absolute atomic E-state index is 11.5. The second kappa shape index (κ2) is 8.96. The van der Waals surface area contributed by atoms with Crippen LogP contribution in [-0.4, -0.2) is 30.1 Å². The highest BCUT2D eigenvalue weighted by Gasteiger charge is 2.04. The first-order valence-corrected chi connectivity index (χ1v) is 6.76. The van der Waals surface area contributed by atoms with Crippen LogP contribution in [0.15, 0.2) is 24.3 Å². The van der Waals surface area contributed by atoms with Crippen LogP contribution >= 0.6 is 0 Å². The molecule has 5 nitrogen and oxygen atoms in total. The van der Waals surface area contributed by atoms with E-state index in [2.05, 4.69) is 5.32 Å². The number of hydrogen-bond acceptors (Lipinski definition) is 3. The van der Waals surface area contributed by atoms with Crippen LogP contribution in [-0.2, 0) is 9.59 Å². The first kappa shape index (κ1) is 16.0. The fourth-order valence-corrected chi connectivity index (χ4v) is 1.72. The minimum Gasteiger partial charge on any atom is -0.484 e. The van der Waals surface area contributed by atoms with Crippen molar-refractivity contribution in [2.24, 2.45) is 0 Å². The lowest BCUT2D eigenvalue weighted by Crippen LogP contribution is -2.29. The molecule has 2 N–H and O–H groups in total. The molecular weight excluding hydrogens is 258 g/mol. The van der Waals surface area contributed by atoms with Gasteiger partial charge in [-0.15, -0.1) is 0 Å². The van der Waals surface area contributed by atoms with Gasteiger partial charge in [-0.2, -0.15) is 0 Å². The number of nitrogens with one attached hydrogen (secondary N) is 1. The number of carbonyl (C=O) groups is 2. The second-order valence-electron chi connectivity index (χ2n) is 4.61. The van der Waals surface area contributed by atoms with Gasteiger partial charge in [-0.1, -0.05) is 24.6 Å². The summed E-state index contributed by atoms with van der Waals surface area (Å²) >= 11 is 0. The lowest BCUT2D eigenvalue weighted by atomic mass is 10.2. The molecule has 0 unspecified atom stereocenters. The summed E-state index contributed by atoms with van der Waals surface area (Å²) in [6.07, 6.45) is 2.41. The molecule has 1 amide bonds. The predicted octanol–water partition coefficient (Wildman–Crippen LogP) is 2.14. The van der Waals surface area contributed by atoms with Crippen molar-refractivity contribution in [2.75, 3.05) is 13.2 Å². The molecule has 0 atom stereocenters. The molecule has 0 spiro atoms. The molecule has 0 bridgehead atoms. The molecule has 0 heterocycles. The molecule has 0 aromatic heterocycles. The van der Waals surface area contributed by atoms with E-state index in [1.807, 2.05) is 31.2 Å². The number of benzene rings is 1. The number of hydrogen-bond donors (Lipinski definition) is 2. The molecule has 1 aromatic carbocycles. The first-order chi connectivity index (χ1) is 9.59. The van der Waals surface area contributed by atoms with Crippen LogP contribution in [0.4, 0.5) is 0 Å². The van der Waals surface area contributed by atoms with Gasteiger partial charge in [0.05, 0.1) is 0 Å². The normalized spacial score (nSPS) is 10.1. The highest BCUT2D eigenvalue weighted by atomic mass is 16.5. The van der Waals surface area contributed by atoms with E-state index in [1.54, 1.807) is 0 Å². The van der Waals surface area contributed by atoms with Gasteiger partial charge in [-0.25, -0.2) is 0 Å². The van der Waals surface area contributed by atoms with Crippen LogP contribution in [0.25, 0.3) is 0 Å². The Labute approximate surface area is 118 Å². The van der Waals surface area contributed by atoms with Gasteiger partial charge < -0.3 is 15.2 Å². The minimum atomic E-state index is -0.777. The van der Waals surface area contributed by atoms with E-state index in [1.165, 1.54) is 0 Å². The number of rotatable bonds is 9. The second-order valence-corrected chi connectivity index (χ2v) is 4.61. The van der Waals surface area contributed by atoms with Gasteiger partial charge in [-0.05, 0) is 31.4 Å². The van der Waals surface area contributed by atoms with Crippen LogP contribution in [0.3, 0.4) is 0 Å². The van der Waals surface area contributed by atoms with Crippen molar-refractivity contribution in [3.05, 3.63) is 29.8 Å². The van der Waals surface area contributed by atoms with Gasteiger partial charge in [0.2, 0.25) is 0 Å². The van der Waals surface area contributed by atoms with Gasteiger partial charge in [0.1, 0.15) is 5.75 Å². The Kier molecular flexibility index (Phi) is 7.17. The number of unbranched alkanes of at least 4 members (excludes halogenated alkanes) is 2. The SMILES string of the molecule is Cc1ccccc1OCC(=O)NCCCCCC(=O)O. The number of para-hydroxylation sites is 1. The van der Waals surface area contributed by atoms with Crippen LogP contribution in [0.1, 0.15) is 31.2 Å². The predicted molar refractivity (Wildman–Crippen MR) is 75.8 cm³/mol. The fourth-order valence-electron chi connectivity index (χ4n) is 1.72. The van der Waals surface area contributed by atoms with Crippen LogP contribution in [0.2, 0.25) is 0 Å². The molecular formula is C15H21NO4. The molecule has 110 valence electrons. The summed E-state index contributed by atoms with van der Waals surface area (Å²) in [6, 6.07) is 7.53. The molecule has 0 radical (unpaired) electrons. The Hall–Kier alpha value is -2.04. The van der Waals surface area contributed by atoms with Crippen molar-refractivity contribution >= 4 is 11.9 Å². The zero-order chi connectivity index (χ0) is 14.8. The molecule has 0 aliphatic heterocycles. The Bertz CT molecular complexity index is 445. The van der Waals surface area contributed by atoms with Crippen LogP contribution < -0.4 is 10.1 Å². The van der Waals surface area contributed by atoms with Gasteiger partial charge in [0, 0.05) is 13.0 Å². The van der Waals surface area contributed by atoms with Crippen molar-refractivity contribution in [3.8, 4) is 5.75 Å². The Morgan fingerprint density at radius 1 is 1.20 bits per heavy atom. The molecule has 0 aliphatic carbocycles. The summed E-state index contributed by atoms with van der Waals surface area (Å²) in [6.45, 7) is 2.48. The summed E-state index contributed by atoms with van der Waals surface area (Å²) in [5.41, 5.74) is 0.994. The zero-order valence-corrected chi connectivity index (χ0v) is 11.7. The molecule has 0 fully saturated rings. The third-order valence-electron chi connectivity index (χ3n) is 2.84. The van der Waals surface area contributed by atoms with Crippen molar-refractivity contribution < 1.29 is 19.4 Å². The summed E-state index contributed by atoms with van der Waals surface area (Å²) < 4.78 is 5.42. The van der Waals surface area contributed by atoms with E-state index >= 15 is 0 Å². The van der Waals surface area contributed by atoms with Crippen molar-refractivity contribution in [1.82, 2.24) is 5.32 Å². The number of carbonyl (C=O) groups excluding carboxylic acids is 1. The highest BCUT2D eigenvalue weighted by Crippen LogP contribution is 2.15. The number of carboxylic acid groups (broad SMARTS) is 1. The average molecular weight is 279 g/mol. The van der Waals surface area contributed by atoms with Gasteiger partial charge in [-0.3, -0.25) is 9.59 Å². The Morgan fingerprint density at radius 3 is 2.65 bits per heavy atom. The summed E-state index contributed by atoms with van der Waals surface area (Å²) in [4.78, 5) is 21.8. The maximum Gasteiger partial charge on any atom is 0.303 e. The smallest absolute Gasteiger partial charge is 0.303 e. The van der Waals surface area contributed by atoms with Crippen LogP contribution in [0.5, 0.6) is 5.75 Å². The molecule has 1 aromatic rings. The van der Waals surface area contributed by atoms with E-state index in [0.29, 0.717) is 18.7 Å². The first-order valence-electron chi connectivity index (χ1n) is 6.76. The van der Waals surface area contributed by atoms with Crippen LogP contribution in [0, 0.1) is 6.92 Å². The number of amides is 1. The Balaban J connectivity index is 2.09. The molecule has 1 rings (SSSR count). The molecule has 0 aliphatic rings. The standard InChI is InChI=1S/C15H21NO4/c1-12-7-4-5-8-13(12)20-11-14(17)16-10-6-2-3-9-15(18)19/h4-5,7-8H,2-3,6,9-11H2,1H3,(H,16,17)(H,18,19). The number of aryl methyl sites for hydroxylation is 1. The van der Waals surface area contributed by atoms with E-state index in [4.69, 9.17) is 9.84 Å². The summed E-state index contributed by atoms with van der Waals surface area (Å²) in [7, 11) is 0. The number of ether oxygens (including phenoxy) is 1. The summed E-state index contributed by atoms with van der Waals surface area (Å²) in [5, 5.41) is 11.2. The van der Waals surface area contributed by atoms with E-state index in [-0.39, 0.29) is 18.9 Å². The third kappa shape index (κ3) is 6.78.